The van der Waals surface area contributed by atoms with Crippen molar-refractivity contribution in [1.82, 2.24) is 10.2 Å². The van der Waals surface area contributed by atoms with Crippen molar-refractivity contribution in [2.75, 3.05) is 33.3 Å². The fourth-order valence-electron chi connectivity index (χ4n) is 3.08. The van der Waals surface area contributed by atoms with Gasteiger partial charge in [0, 0.05) is 26.7 Å². The molecular formula is C15H27N3O. The molecule has 0 aromatic heterocycles. The van der Waals surface area contributed by atoms with E-state index in [1.54, 1.807) is 7.11 Å². The SMILES string of the molecule is CCCNC(C#N)(CN1CCC(OC)CC1)C1CC1. The number of likely N-dealkylation sites (tertiary alicyclic amines) is 1. The van der Waals surface area contributed by atoms with Crippen molar-refractivity contribution in [2.24, 2.45) is 5.92 Å². The van der Waals surface area contributed by atoms with E-state index < -0.39 is 0 Å². The average Bonchev–Trinajstić information content (AvgIpc) is 3.29. The zero-order valence-corrected chi connectivity index (χ0v) is 12.3. The lowest BCUT2D eigenvalue weighted by Crippen LogP contribution is -2.56. The van der Waals surface area contributed by atoms with Gasteiger partial charge in [-0.05, 0) is 44.6 Å². The van der Waals surface area contributed by atoms with Crippen LogP contribution in [0.5, 0.6) is 0 Å². The molecule has 1 aliphatic carbocycles. The molecule has 1 aliphatic heterocycles. The van der Waals surface area contributed by atoms with E-state index >= 15 is 0 Å². The maximum atomic E-state index is 9.68. The van der Waals surface area contributed by atoms with Gasteiger partial charge in [0.2, 0.25) is 0 Å². The molecule has 1 saturated carbocycles. The third-order valence-electron chi connectivity index (χ3n) is 4.51. The van der Waals surface area contributed by atoms with Crippen LogP contribution in [0.2, 0.25) is 0 Å². The molecule has 2 fully saturated rings. The molecule has 4 heteroatoms. The summed E-state index contributed by atoms with van der Waals surface area (Å²) in [6.45, 7) is 6.10. The summed E-state index contributed by atoms with van der Waals surface area (Å²) in [5, 5.41) is 13.2. The molecule has 1 N–H and O–H groups in total. The molecule has 2 aliphatic rings. The van der Waals surface area contributed by atoms with Crippen LogP contribution < -0.4 is 5.32 Å². The Balaban J connectivity index is 1.91. The van der Waals surface area contributed by atoms with E-state index in [4.69, 9.17) is 4.74 Å². The number of nitrogens with one attached hydrogen (secondary N) is 1. The lowest BCUT2D eigenvalue weighted by molar-refractivity contribution is 0.0339. The van der Waals surface area contributed by atoms with E-state index in [0.717, 1.165) is 45.4 Å². The molecule has 0 aromatic rings. The highest BCUT2D eigenvalue weighted by atomic mass is 16.5. The fraction of sp³-hybridized carbons (Fsp3) is 0.933. The van der Waals surface area contributed by atoms with Gasteiger partial charge in [0.05, 0.1) is 12.2 Å². The summed E-state index contributed by atoms with van der Waals surface area (Å²) >= 11 is 0. The van der Waals surface area contributed by atoms with E-state index in [9.17, 15) is 5.26 Å². The number of ether oxygens (including phenoxy) is 1. The van der Waals surface area contributed by atoms with Gasteiger partial charge in [-0.15, -0.1) is 0 Å². The minimum Gasteiger partial charge on any atom is -0.381 e. The zero-order chi connectivity index (χ0) is 13.7. The standard InChI is InChI=1S/C15H27N3O/c1-3-8-17-15(11-16,13-4-5-13)12-18-9-6-14(19-2)7-10-18/h13-14,17H,3-10,12H2,1-2H3. The summed E-state index contributed by atoms with van der Waals surface area (Å²) in [5.41, 5.74) is -0.310. The molecule has 1 heterocycles. The summed E-state index contributed by atoms with van der Waals surface area (Å²) in [5.74, 6) is 0.559. The molecule has 0 aromatic carbocycles. The number of piperidine rings is 1. The number of nitriles is 1. The Morgan fingerprint density at radius 1 is 1.32 bits per heavy atom. The van der Waals surface area contributed by atoms with Gasteiger partial charge in [-0.2, -0.15) is 5.26 Å². The summed E-state index contributed by atoms with van der Waals surface area (Å²) < 4.78 is 5.41. The monoisotopic (exact) mass is 265 g/mol. The summed E-state index contributed by atoms with van der Waals surface area (Å²) in [4.78, 5) is 2.44. The number of rotatable bonds is 7. The molecule has 1 unspecified atom stereocenters. The summed E-state index contributed by atoms with van der Waals surface area (Å²) in [7, 11) is 1.80. The van der Waals surface area contributed by atoms with Crippen LogP contribution in [-0.2, 0) is 4.74 Å². The van der Waals surface area contributed by atoms with E-state index in [-0.39, 0.29) is 5.54 Å². The number of hydrogen-bond donors (Lipinski definition) is 1. The van der Waals surface area contributed by atoms with Crippen LogP contribution in [0.15, 0.2) is 0 Å². The lowest BCUT2D eigenvalue weighted by Gasteiger charge is -2.38. The smallest absolute Gasteiger partial charge is 0.122 e. The first-order valence-electron chi connectivity index (χ1n) is 7.65. The van der Waals surface area contributed by atoms with Gasteiger partial charge in [-0.1, -0.05) is 6.92 Å². The van der Waals surface area contributed by atoms with E-state index in [2.05, 4.69) is 23.2 Å². The minimum atomic E-state index is -0.310. The van der Waals surface area contributed by atoms with E-state index in [1.165, 1.54) is 12.8 Å². The van der Waals surface area contributed by atoms with Crippen LogP contribution in [0.1, 0.15) is 39.0 Å². The second-order valence-electron chi connectivity index (χ2n) is 6.00. The Hall–Kier alpha value is -0.630. The average molecular weight is 265 g/mol. The highest BCUT2D eigenvalue weighted by Gasteiger charge is 2.46. The molecule has 2 rings (SSSR count). The van der Waals surface area contributed by atoms with Gasteiger partial charge in [-0.25, -0.2) is 0 Å². The van der Waals surface area contributed by atoms with Crippen molar-refractivity contribution in [3.05, 3.63) is 0 Å². The molecule has 1 atom stereocenters. The molecule has 0 bridgehead atoms. The van der Waals surface area contributed by atoms with Gasteiger partial charge < -0.3 is 9.64 Å². The second kappa shape index (κ2) is 6.69. The zero-order valence-electron chi connectivity index (χ0n) is 12.3. The first-order chi connectivity index (χ1) is 9.24. The third kappa shape index (κ3) is 3.68. The van der Waals surface area contributed by atoms with Gasteiger partial charge in [0.25, 0.3) is 0 Å². The van der Waals surface area contributed by atoms with Crippen LogP contribution in [-0.4, -0.2) is 49.8 Å². The molecule has 19 heavy (non-hydrogen) atoms. The van der Waals surface area contributed by atoms with Crippen molar-refractivity contribution in [3.8, 4) is 6.07 Å². The van der Waals surface area contributed by atoms with Crippen molar-refractivity contribution in [2.45, 2.75) is 50.7 Å². The van der Waals surface area contributed by atoms with Crippen LogP contribution in [0, 0.1) is 17.2 Å². The Kier molecular flexibility index (Phi) is 5.20. The molecule has 1 saturated heterocycles. The lowest BCUT2D eigenvalue weighted by atomic mass is 9.92. The second-order valence-corrected chi connectivity index (χ2v) is 6.00. The predicted octanol–water partition coefficient (Wildman–Crippen LogP) is 1.77. The van der Waals surface area contributed by atoms with Crippen molar-refractivity contribution < 1.29 is 4.74 Å². The molecule has 0 amide bonds. The highest BCUT2D eigenvalue weighted by molar-refractivity contribution is 5.16. The van der Waals surface area contributed by atoms with Gasteiger partial charge in [0.15, 0.2) is 0 Å². The van der Waals surface area contributed by atoms with Gasteiger partial charge >= 0.3 is 0 Å². The molecule has 4 nitrogen and oxygen atoms in total. The van der Waals surface area contributed by atoms with Crippen LogP contribution in [0.25, 0.3) is 0 Å². The maximum absolute atomic E-state index is 9.68. The Bertz CT molecular complexity index is 316. The Morgan fingerprint density at radius 3 is 2.47 bits per heavy atom. The normalized spacial score (nSPS) is 24.9. The Labute approximate surface area is 117 Å². The van der Waals surface area contributed by atoms with Gasteiger partial charge in [-0.3, -0.25) is 5.32 Å². The molecule has 0 spiro atoms. The van der Waals surface area contributed by atoms with Crippen LogP contribution in [0.4, 0.5) is 0 Å². The van der Waals surface area contributed by atoms with Crippen LogP contribution in [0.3, 0.4) is 0 Å². The quantitative estimate of drug-likeness (QED) is 0.762. The van der Waals surface area contributed by atoms with Crippen molar-refractivity contribution >= 4 is 0 Å². The predicted molar refractivity (Wildman–Crippen MR) is 75.8 cm³/mol. The van der Waals surface area contributed by atoms with Crippen LogP contribution >= 0.6 is 0 Å². The van der Waals surface area contributed by atoms with Gasteiger partial charge in [0.1, 0.15) is 5.54 Å². The highest BCUT2D eigenvalue weighted by Crippen LogP contribution is 2.40. The number of nitrogens with zero attached hydrogens (tertiary/aromatic N) is 2. The molecule has 108 valence electrons. The number of hydrogen-bond acceptors (Lipinski definition) is 4. The summed E-state index contributed by atoms with van der Waals surface area (Å²) in [6, 6.07) is 2.60. The first-order valence-corrected chi connectivity index (χ1v) is 7.65. The van der Waals surface area contributed by atoms with Crippen molar-refractivity contribution in [1.29, 1.82) is 5.26 Å². The number of methoxy groups -OCH3 is 1. The maximum Gasteiger partial charge on any atom is 0.122 e. The third-order valence-corrected chi connectivity index (χ3v) is 4.51. The first kappa shape index (κ1) is 14.8. The van der Waals surface area contributed by atoms with E-state index in [0.29, 0.717) is 12.0 Å². The largest absolute Gasteiger partial charge is 0.381 e. The Morgan fingerprint density at radius 2 is 2.00 bits per heavy atom. The van der Waals surface area contributed by atoms with Crippen molar-refractivity contribution in [3.63, 3.8) is 0 Å². The summed E-state index contributed by atoms with van der Waals surface area (Å²) in [6.07, 6.45) is 6.10. The molecular weight excluding hydrogens is 238 g/mol. The molecule has 0 radical (unpaired) electrons. The fourth-order valence-corrected chi connectivity index (χ4v) is 3.08. The minimum absolute atomic E-state index is 0.310. The topological polar surface area (TPSA) is 48.3 Å². The van der Waals surface area contributed by atoms with E-state index in [1.807, 2.05) is 0 Å².